The molecule has 0 aliphatic carbocycles. The van der Waals surface area contributed by atoms with Crippen molar-refractivity contribution in [2.75, 3.05) is 19.8 Å². The van der Waals surface area contributed by atoms with Gasteiger partial charge < -0.3 is 15.2 Å². The fourth-order valence-corrected chi connectivity index (χ4v) is 1.90. The first-order chi connectivity index (χ1) is 8.77. The first-order valence-electron chi connectivity index (χ1n) is 6.88. The van der Waals surface area contributed by atoms with Crippen LogP contribution >= 0.6 is 0 Å². The Labute approximate surface area is 110 Å². The summed E-state index contributed by atoms with van der Waals surface area (Å²) < 4.78 is 5.45. The quantitative estimate of drug-likeness (QED) is 0.662. The van der Waals surface area contributed by atoms with Gasteiger partial charge in [0.25, 0.3) is 0 Å². The lowest BCUT2D eigenvalue weighted by Crippen LogP contribution is -2.22. The zero-order valence-corrected chi connectivity index (χ0v) is 11.5. The molecule has 0 saturated carbocycles. The Bertz CT molecular complexity index is 311. The van der Waals surface area contributed by atoms with Gasteiger partial charge in [0.05, 0.1) is 0 Å². The van der Waals surface area contributed by atoms with Crippen LogP contribution in [0.15, 0.2) is 24.3 Å². The summed E-state index contributed by atoms with van der Waals surface area (Å²) in [5.41, 5.74) is 1.23. The number of ether oxygens (including phenoxy) is 1. The van der Waals surface area contributed by atoms with E-state index in [1.54, 1.807) is 12.1 Å². The van der Waals surface area contributed by atoms with E-state index >= 15 is 0 Å². The van der Waals surface area contributed by atoms with E-state index in [0.717, 1.165) is 39.0 Å². The van der Waals surface area contributed by atoms with Gasteiger partial charge in [-0.25, -0.2) is 0 Å². The second-order valence-electron chi connectivity index (χ2n) is 4.47. The predicted molar refractivity (Wildman–Crippen MR) is 74.9 cm³/mol. The number of rotatable bonds is 9. The summed E-state index contributed by atoms with van der Waals surface area (Å²) in [5, 5.41) is 12.8. The van der Waals surface area contributed by atoms with E-state index in [1.165, 1.54) is 5.56 Å². The van der Waals surface area contributed by atoms with Crippen LogP contribution in [0.1, 0.15) is 44.7 Å². The monoisotopic (exact) mass is 251 g/mol. The molecule has 1 unspecified atom stereocenters. The number of nitrogens with one attached hydrogen (secondary N) is 1. The highest BCUT2D eigenvalue weighted by molar-refractivity contribution is 5.27. The molecule has 3 nitrogen and oxygen atoms in total. The highest BCUT2D eigenvalue weighted by Crippen LogP contribution is 2.19. The Balaban J connectivity index is 2.27. The largest absolute Gasteiger partial charge is 0.508 e. The van der Waals surface area contributed by atoms with Crippen molar-refractivity contribution in [3.63, 3.8) is 0 Å². The maximum atomic E-state index is 9.27. The lowest BCUT2D eigenvalue weighted by Gasteiger charge is -2.17. The van der Waals surface area contributed by atoms with Gasteiger partial charge in [0, 0.05) is 19.3 Å². The summed E-state index contributed by atoms with van der Waals surface area (Å²) in [6.07, 6.45) is 3.16. The molecule has 2 N–H and O–H groups in total. The lowest BCUT2D eigenvalue weighted by molar-refractivity contribution is 0.131. The van der Waals surface area contributed by atoms with E-state index in [1.807, 2.05) is 12.1 Å². The van der Waals surface area contributed by atoms with Gasteiger partial charge >= 0.3 is 0 Å². The third-order valence-corrected chi connectivity index (χ3v) is 2.91. The molecule has 0 spiro atoms. The Morgan fingerprint density at radius 3 is 2.50 bits per heavy atom. The van der Waals surface area contributed by atoms with Crippen LogP contribution < -0.4 is 5.32 Å². The summed E-state index contributed by atoms with van der Waals surface area (Å²) >= 11 is 0. The van der Waals surface area contributed by atoms with Crippen LogP contribution in [-0.4, -0.2) is 24.9 Å². The maximum absolute atomic E-state index is 9.27. The molecule has 0 aliphatic rings. The molecule has 0 radical (unpaired) electrons. The third kappa shape index (κ3) is 5.52. The zero-order valence-electron chi connectivity index (χ0n) is 11.5. The molecule has 1 rings (SSSR count). The molecule has 0 aromatic heterocycles. The van der Waals surface area contributed by atoms with Crippen LogP contribution in [0.2, 0.25) is 0 Å². The van der Waals surface area contributed by atoms with Crippen molar-refractivity contribution in [2.45, 2.75) is 39.2 Å². The number of phenolic OH excluding ortho intramolecular Hbond substituents is 1. The van der Waals surface area contributed by atoms with Crippen LogP contribution in [0, 0.1) is 0 Å². The van der Waals surface area contributed by atoms with Crippen molar-refractivity contribution in [2.24, 2.45) is 0 Å². The molecule has 0 heterocycles. The molecule has 3 heteroatoms. The standard InChI is InChI=1S/C15H25NO2/c1-3-11-18-12-5-10-16-15(4-2)13-6-8-14(17)9-7-13/h6-9,15-17H,3-5,10-12H2,1-2H3. The van der Waals surface area contributed by atoms with E-state index < -0.39 is 0 Å². The zero-order chi connectivity index (χ0) is 13.2. The molecule has 0 fully saturated rings. The smallest absolute Gasteiger partial charge is 0.115 e. The fraction of sp³-hybridized carbons (Fsp3) is 0.600. The van der Waals surface area contributed by atoms with Crippen molar-refractivity contribution < 1.29 is 9.84 Å². The third-order valence-electron chi connectivity index (χ3n) is 2.91. The Kier molecular flexibility index (Phi) is 7.46. The molecule has 1 aromatic rings. The van der Waals surface area contributed by atoms with Crippen LogP contribution in [0.3, 0.4) is 0 Å². The number of hydrogen-bond acceptors (Lipinski definition) is 3. The normalized spacial score (nSPS) is 12.6. The lowest BCUT2D eigenvalue weighted by atomic mass is 10.0. The van der Waals surface area contributed by atoms with E-state index in [0.29, 0.717) is 11.8 Å². The van der Waals surface area contributed by atoms with Gasteiger partial charge in [0.2, 0.25) is 0 Å². The number of hydrogen-bond donors (Lipinski definition) is 2. The highest BCUT2D eigenvalue weighted by atomic mass is 16.5. The maximum Gasteiger partial charge on any atom is 0.115 e. The van der Waals surface area contributed by atoms with Crippen molar-refractivity contribution in [3.8, 4) is 5.75 Å². The molecule has 102 valence electrons. The molecule has 0 aliphatic heterocycles. The molecule has 1 atom stereocenters. The van der Waals surface area contributed by atoms with E-state index in [2.05, 4.69) is 19.2 Å². The minimum absolute atomic E-state index is 0.321. The van der Waals surface area contributed by atoms with Gasteiger partial charge in [-0.15, -0.1) is 0 Å². The van der Waals surface area contributed by atoms with Gasteiger partial charge in [-0.05, 0) is 43.5 Å². The van der Waals surface area contributed by atoms with E-state index in [-0.39, 0.29) is 0 Å². The molecule has 1 aromatic carbocycles. The molecular weight excluding hydrogens is 226 g/mol. The summed E-state index contributed by atoms with van der Waals surface area (Å²) in [6, 6.07) is 7.79. The molecule has 18 heavy (non-hydrogen) atoms. The number of benzene rings is 1. The molecule has 0 amide bonds. The second kappa shape index (κ2) is 8.95. The minimum Gasteiger partial charge on any atom is -0.508 e. The van der Waals surface area contributed by atoms with Gasteiger partial charge in [-0.3, -0.25) is 0 Å². The van der Waals surface area contributed by atoms with Gasteiger partial charge in [0.1, 0.15) is 5.75 Å². The average molecular weight is 251 g/mol. The predicted octanol–water partition coefficient (Wildman–Crippen LogP) is 3.25. The fourth-order valence-electron chi connectivity index (χ4n) is 1.90. The summed E-state index contributed by atoms with van der Waals surface area (Å²) in [7, 11) is 0. The highest BCUT2D eigenvalue weighted by Gasteiger charge is 2.07. The summed E-state index contributed by atoms with van der Waals surface area (Å²) in [4.78, 5) is 0. The second-order valence-corrected chi connectivity index (χ2v) is 4.47. The average Bonchev–Trinajstić information content (AvgIpc) is 2.39. The molecule has 0 saturated heterocycles. The topological polar surface area (TPSA) is 41.5 Å². The number of phenols is 1. The minimum atomic E-state index is 0.321. The van der Waals surface area contributed by atoms with E-state index in [9.17, 15) is 5.11 Å². The molecular formula is C15H25NO2. The van der Waals surface area contributed by atoms with Gasteiger partial charge in [-0.2, -0.15) is 0 Å². The van der Waals surface area contributed by atoms with Gasteiger partial charge in [0.15, 0.2) is 0 Å². The van der Waals surface area contributed by atoms with Gasteiger partial charge in [-0.1, -0.05) is 26.0 Å². The first kappa shape index (κ1) is 15.0. The summed E-state index contributed by atoms with van der Waals surface area (Å²) in [5.74, 6) is 0.321. The van der Waals surface area contributed by atoms with Crippen molar-refractivity contribution >= 4 is 0 Å². The van der Waals surface area contributed by atoms with Crippen molar-refractivity contribution in [1.82, 2.24) is 5.32 Å². The Morgan fingerprint density at radius 1 is 1.17 bits per heavy atom. The summed E-state index contributed by atoms with van der Waals surface area (Å²) in [6.45, 7) is 6.93. The molecule has 0 bridgehead atoms. The SMILES string of the molecule is CCCOCCCNC(CC)c1ccc(O)cc1. The van der Waals surface area contributed by atoms with Crippen LogP contribution in [0.5, 0.6) is 5.75 Å². The number of aromatic hydroxyl groups is 1. The van der Waals surface area contributed by atoms with Crippen LogP contribution in [0.25, 0.3) is 0 Å². The Morgan fingerprint density at radius 2 is 1.89 bits per heavy atom. The van der Waals surface area contributed by atoms with Crippen LogP contribution in [-0.2, 0) is 4.74 Å². The van der Waals surface area contributed by atoms with E-state index in [4.69, 9.17) is 4.74 Å². The van der Waals surface area contributed by atoms with Crippen molar-refractivity contribution in [1.29, 1.82) is 0 Å². The Hall–Kier alpha value is -1.06. The van der Waals surface area contributed by atoms with Crippen molar-refractivity contribution in [3.05, 3.63) is 29.8 Å². The van der Waals surface area contributed by atoms with Crippen LogP contribution in [0.4, 0.5) is 0 Å². The first-order valence-corrected chi connectivity index (χ1v) is 6.88.